The maximum atomic E-state index is 6.06. The molecular weight excluding hydrogens is 308 g/mol. The van der Waals surface area contributed by atoms with E-state index >= 15 is 0 Å². The van der Waals surface area contributed by atoms with Crippen LogP contribution >= 0.6 is 11.6 Å². The van der Waals surface area contributed by atoms with Crippen molar-refractivity contribution in [2.75, 3.05) is 0 Å². The Morgan fingerprint density at radius 3 is 2.65 bits per heavy atom. The van der Waals surface area contributed by atoms with Gasteiger partial charge in [0.1, 0.15) is 17.9 Å². The number of fused-ring (bicyclic) bond motifs is 1. The number of aromatic nitrogens is 2. The van der Waals surface area contributed by atoms with Gasteiger partial charge in [-0.15, -0.1) is 6.58 Å². The molecule has 3 nitrogen and oxygen atoms in total. The number of hydrogen-bond acceptors (Lipinski definition) is 2. The molecule has 0 atom stereocenters. The summed E-state index contributed by atoms with van der Waals surface area (Å²) >= 11 is 5.92. The van der Waals surface area contributed by atoms with Gasteiger partial charge in [-0.2, -0.15) is 0 Å². The smallest absolute Gasteiger partial charge is 0.147 e. The van der Waals surface area contributed by atoms with Crippen LogP contribution in [0.25, 0.3) is 11.0 Å². The number of aryl methyl sites for hydroxylation is 1. The summed E-state index contributed by atoms with van der Waals surface area (Å²) in [6.07, 6.45) is 3.69. The molecule has 3 rings (SSSR count). The first-order valence-corrected chi connectivity index (χ1v) is 7.92. The molecule has 2 heterocycles. The van der Waals surface area contributed by atoms with Crippen LogP contribution in [0.1, 0.15) is 16.8 Å². The monoisotopic (exact) mass is 326 g/mol. The zero-order chi connectivity index (χ0) is 16.4. The molecule has 3 aromatic rings. The summed E-state index contributed by atoms with van der Waals surface area (Å²) in [4.78, 5) is 4.52. The van der Waals surface area contributed by atoms with Crippen LogP contribution in [0.2, 0.25) is 5.02 Å². The van der Waals surface area contributed by atoms with Crippen molar-refractivity contribution in [1.29, 1.82) is 0 Å². The molecule has 4 heteroatoms. The van der Waals surface area contributed by atoms with Crippen molar-refractivity contribution in [3.63, 3.8) is 0 Å². The molecule has 0 aliphatic rings. The number of allylic oxidation sites excluding steroid dienone is 1. The quantitative estimate of drug-likeness (QED) is 0.612. The number of rotatable bonds is 5. The standard InChI is InChI=1S/C19H19ClN2O/c1-4-11-22-14(3)13(2)18-19(22)17(9-10-21-18)23-12-15-5-7-16(20)8-6-15/h4-10H,1,11-12H2,2-3H3. The van der Waals surface area contributed by atoms with Gasteiger partial charge in [-0.25, -0.2) is 0 Å². The van der Waals surface area contributed by atoms with Crippen LogP contribution < -0.4 is 4.74 Å². The molecular formula is C19H19ClN2O. The van der Waals surface area contributed by atoms with Gasteiger partial charge in [0.05, 0.1) is 5.52 Å². The van der Waals surface area contributed by atoms with E-state index in [2.05, 4.69) is 30.0 Å². The normalized spacial score (nSPS) is 10.9. The summed E-state index contributed by atoms with van der Waals surface area (Å²) in [5.74, 6) is 0.836. The summed E-state index contributed by atoms with van der Waals surface area (Å²) in [5.41, 5.74) is 5.46. The third-order valence-electron chi connectivity index (χ3n) is 4.08. The van der Waals surface area contributed by atoms with Crippen molar-refractivity contribution in [2.24, 2.45) is 0 Å². The molecule has 0 saturated heterocycles. The second-order valence-electron chi connectivity index (χ2n) is 5.53. The van der Waals surface area contributed by atoms with Crippen molar-refractivity contribution < 1.29 is 4.74 Å². The molecule has 0 amide bonds. The van der Waals surface area contributed by atoms with Gasteiger partial charge in [-0.3, -0.25) is 4.98 Å². The lowest BCUT2D eigenvalue weighted by atomic mass is 10.2. The Morgan fingerprint density at radius 2 is 1.96 bits per heavy atom. The molecule has 0 spiro atoms. The van der Waals surface area contributed by atoms with Crippen molar-refractivity contribution in [2.45, 2.75) is 27.0 Å². The minimum absolute atomic E-state index is 0.494. The summed E-state index contributed by atoms with van der Waals surface area (Å²) in [5, 5.41) is 0.728. The molecule has 23 heavy (non-hydrogen) atoms. The topological polar surface area (TPSA) is 27.1 Å². The fraction of sp³-hybridized carbons (Fsp3) is 0.211. The van der Waals surface area contributed by atoms with E-state index in [-0.39, 0.29) is 0 Å². The van der Waals surface area contributed by atoms with Crippen LogP contribution in [-0.2, 0) is 13.2 Å². The van der Waals surface area contributed by atoms with Crippen molar-refractivity contribution in [1.82, 2.24) is 9.55 Å². The second-order valence-corrected chi connectivity index (χ2v) is 5.97. The Morgan fingerprint density at radius 1 is 1.22 bits per heavy atom. The largest absolute Gasteiger partial charge is 0.487 e. The number of pyridine rings is 1. The molecule has 0 fully saturated rings. The molecule has 0 aliphatic carbocycles. The van der Waals surface area contributed by atoms with Crippen LogP contribution in [0.3, 0.4) is 0 Å². The Hall–Kier alpha value is -2.26. The van der Waals surface area contributed by atoms with Gasteiger partial charge in [0, 0.05) is 29.5 Å². The van der Waals surface area contributed by atoms with Gasteiger partial charge in [-0.1, -0.05) is 29.8 Å². The van der Waals surface area contributed by atoms with E-state index in [1.165, 1.54) is 11.3 Å². The SMILES string of the molecule is C=CCn1c(C)c(C)c2nccc(OCc3ccc(Cl)cc3)c21. The fourth-order valence-electron chi connectivity index (χ4n) is 2.73. The highest BCUT2D eigenvalue weighted by molar-refractivity contribution is 6.30. The van der Waals surface area contributed by atoms with Gasteiger partial charge >= 0.3 is 0 Å². The van der Waals surface area contributed by atoms with E-state index in [1.54, 1.807) is 6.20 Å². The minimum atomic E-state index is 0.494. The summed E-state index contributed by atoms with van der Waals surface area (Å²) < 4.78 is 8.26. The number of halogens is 1. The Balaban J connectivity index is 1.98. The Bertz CT molecular complexity index is 850. The Kier molecular flexibility index (Phi) is 4.39. The van der Waals surface area contributed by atoms with E-state index < -0.39 is 0 Å². The molecule has 0 aliphatic heterocycles. The first kappa shape index (κ1) is 15.6. The number of ether oxygens (including phenoxy) is 1. The van der Waals surface area contributed by atoms with Crippen molar-refractivity contribution in [3.05, 3.63) is 71.0 Å². The van der Waals surface area contributed by atoms with E-state index in [4.69, 9.17) is 16.3 Å². The van der Waals surface area contributed by atoms with Gasteiger partial charge in [0.2, 0.25) is 0 Å². The molecule has 0 N–H and O–H groups in total. The molecule has 0 unspecified atom stereocenters. The minimum Gasteiger partial charge on any atom is -0.487 e. The summed E-state index contributed by atoms with van der Waals surface area (Å²) in [6.45, 7) is 9.27. The van der Waals surface area contributed by atoms with Crippen LogP contribution in [-0.4, -0.2) is 9.55 Å². The lowest BCUT2D eigenvalue weighted by Gasteiger charge is -2.11. The highest BCUT2D eigenvalue weighted by Gasteiger charge is 2.15. The first-order chi connectivity index (χ1) is 11.1. The number of hydrogen-bond donors (Lipinski definition) is 0. The van der Waals surface area contributed by atoms with Gasteiger partial charge < -0.3 is 9.30 Å². The average molecular weight is 327 g/mol. The molecule has 0 radical (unpaired) electrons. The predicted octanol–water partition coefficient (Wildman–Crippen LogP) is 5.07. The number of benzene rings is 1. The van der Waals surface area contributed by atoms with Gasteiger partial charge in [-0.05, 0) is 37.1 Å². The van der Waals surface area contributed by atoms with E-state index in [0.717, 1.165) is 33.9 Å². The highest BCUT2D eigenvalue weighted by atomic mass is 35.5. The summed E-state index contributed by atoms with van der Waals surface area (Å²) in [6, 6.07) is 9.60. The molecule has 0 bridgehead atoms. The van der Waals surface area contributed by atoms with Crippen molar-refractivity contribution >= 4 is 22.6 Å². The summed E-state index contributed by atoms with van der Waals surface area (Å²) in [7, 11) is 0. The third kappa shape index (κ3) is 2.97. The highest BCUT2D eigenvalue weighted by Crippen LogP contribution is 2.31. The van der Waals surface area contributed by atoms with E-state index in [0.29, 0.717) is 6.61 Å². The fourth-order valence-corrected chi connectivity index (χ4v) is 2.85. The molecule has 118 valence electrons. The van der Waals surface area contributed by atoms with E-state index in [1.807, 2.05) is 36.4 Å². The van der Waals surface area contributed by atoms with Crippen LogP contribution in [0.4, 0.5) is 0 Å². The lowest BCUT2D eigenvalue weighted by molar-refractivity contribution is 0.308. The first-order valence-electron chi connectivity index (χ1n) is 7.54. The number of nitrogens with zero attached hydrogens (tertiary/aromatic N) is 2. The van der Waals surface area contributed by atoms with Crippen molar-refractivity contribution in [3.8, 4) is 5.75 Å². The van der Waals surface area contributed by atoms with Gasteiger partial charge in [0.15, 0.2) is 0 Å². The maximum Gasteiger partial charge on any atom is 0.147 e. The average Bonchev–Trinajstić information content (AvgIpc) is 2.80. The second kappa shape index (κ2) is 6.47. The van der Waals surface area contributed by atoms with Crippen LogP contribution in [0.5, 0.6) is 5.75 Å². The Labute approximate surface area is 141 Å². The molecule has 1 aromatic carbocycles. The van der Waals surface area contributed by atoms with Crippen LogP contribution in [0.15, 0.2) is 49.2 Å². The zero-order valence-corrected chi connectivity index (χ0v) is 14.1. The zero-order valence-electron chi connectivity index (χ0n) is 13.3. The van der Waals surface area contributed by atoms with E-state index in [9.17, 15) is 0 Å². The third-order valence-corrected chi connectivity index (χ3v) is 4.33. The van der Waals surface area contributed by atoms with Gasteiger partial charge in [0.25, 0.3) is 0 Å². The maximum absolute atomic E-state index is 6.06. The van der Waals surface area contributed by atoms with Crippen LogP contribution in [0, 0.1) is 13.8 Å². The molecule has 0 saturated carbocycles. The molecule has 2 aromatic heterocycles. The predicted molar refractivity (Wildman–Crippen MR) is 95.2 cm³/mol. The lowest BCUT2D eigenvalue weighted by Crippen LogP contribution is -2.01.